The maximum Gasteiger partial charge on any atom is 0.303 e. The Balaban J connectivity index is 1.98. The average molecular weight is 379 g/mol. The molecule has 3 heteroatoms. The maximum absolute atomic E-state index is 10.8. The van der Waals surface area contributed by atoms with Crippen molar-refractivity contribution in [2.75, 3.05) is 6.16 Å². The van der Waals surface area contributed by atoms with Gasteiger partial charge in [-0.25, -0.2) is 0 Å². The van der Waals surface area contributed by atoms with E-state index in [9.17, 15) is 4.79 Å². The summed E-state index contributed by atoms with van der Waals surface area (Å²) in [6.07, 6.45) is 13.4. The quantitative estimate of drug-likeness (QED) is 0.459. The number of carboxylic acids is 1. The van der Waals surface area contributed by atoms with E-state index in [0.29, 0.717) is 0 Å². The van der Waals surface area contributed by atoms with Crippen LogP contribution in [0.3, 0.4) is 0 Å². The van der Waals surface area contributed by atoms with Gasteiger partial charge >= 0.3 is 5.97 Å². The van der Waals surface area contributed by atoms with Gasteiger partial charge in [0.15, 0.2) is 0 Å². The van der Waals surface area contributed by atoms with Gasteiger partial charge in [0, 0.05) is 6.42 Å². The largest absolute Gasteiger partial charge is 0.481 e. The average Bonchev–Trinajstić information content (AvgIpc) is 2.73. The van der Waals surface area contributed by atoms with E-state index in [0.717, 1.165) is 38.3 Å². The summed E-state index contributed by atoms with van der Waals surface area (Å²) in [7, 11) is -1.71. The van der Waals surface area contributed by atoms with Gasteiger partial charge in [0.2, 0.25) is 0 Å². The first-order valence-corrected chi connectivity index (χ1v) is 11.8. The fraction of sp³-hybridized carbons (Fsp3) is 0.292. The first-order chi connectivity index (χ1) is 13.2. The molecule has 0 bridgehead atoms. The highest BCUT2D eigenvalue weighted by molar-refractivity contribution is 7.93. The van der Waals surface area contributed by atoms with Crippen molar-refractivity contribution >= 4 is 23.8 Å². The molecule has 0 aromatic heterocycles. The van der Waals surface area contributed by atoms with Crippen molar-refractivity contribution in [3.8, 4) is 0 Å². The predicted molar refractivity (Wildman–Crippen MR) is 116 cm³/mol. The molecule has 2 aromatic carbocycles. The van der Waals surface area contributed by atoms with Gasteiger partial charge in [-0.3, -0.25) is 4.79 Å². The lowest BCUT2D eigenvalue weighted by Gasteiger charge is -2.29. The summed E-state index contributed by atoms with van der Waals surface area (Å²) in [5.41, 5.74) is 0. The van der Waals surface area contributed by atoms with Crippen LogP contribution in [0.5, 0.6) is 0 Å². The number of carbonyl (C=O) groups is 1. The zero-order valence-electron chi connectivity index (χ0n) is 15.8. The molecule has 0 spiro atoms. The highest BCUT2D eigenvalue weighted by Crippen LogP contribution is 2.65. The van der Waals surface area contributed by atoms with Crippen molar-refractivity contribution < 1.29 is 9.90 Å². The van der Waals surface area contributed by atoms with Crippen molar-refractivity contribution in [1.82, 2.24) is 0 Å². The summed E-state index contributed by atoms with van der Waals surface area (Å²) >= 11 is 0. The first-order valence-electron chi connectivity index (χ1n) is 9.82. The fourth-order valence-corrected chi connectivity index (χ4v) is 8.41. The van der Waals surface area contributed by atoms with Crippen molar-refractivity contribution in [3.05, 3.63) is 84.2 Å². The third kappa shape index (κ3) is 4.76. The van der Waals surface area contributed by atoms with Gasteiger partial charge in [-0.15, -0.1) is 0 Å². The van der Waals surface area contributed by atoms with Crippen molar-refractivity contribution in [1.29, 1.82) is 0 Å². The predicted octanol–water partition coefficient (Wildman–Crippen LogP) is 5.53. The number of hydrogen-bond donors (Lipinski definition) is 1. The SMILES string of the molecule is O=C(O)CCCCC[P+](C1=CCCC=C1)(c1ccccc1)c1ccccc1. The molecule has 2 aromatic rings. The van der Waals surface area contributed by atoms with E-state index in [1.54, 1.807) is 0 Å². The monoisotopic (exact) mass is 379 g/mol. The Morgan fingerprint density at radius 1 is 0.852 bits per heavy atom. The lowest BCUT2D eigenvalue weighted by Crippen LogP contribution is -2.26. The summed E-state index contributed by atoms with van der Waals surface area (Å²) in [5, 5.41) is 13.2. The fourth-order valence-electron chi connectivity index (χ4n) is 3.88. The lowest BCUT2D eigenvalue weighted by atomic mass is 10.2. The number of aliphatic carboxylic acids is 1. The summed E-state index contributed by atoms with van der Waals surface area (Å²) < 4.78 is 0. The van der Waals surface area contributed by atoms with Gasteiger partial charge in [-0.05, 0) is 68.5 Å². The molecule has 0 fully saturated rings. The second-order valence-corrected chi connectivity index (χ2v) is 10.6. The van der Waals surface area contributed by atoms with Crippen molar-refractivity contribution in [2.24, 2.45) is 0 Å². The smallest absolute Gasteiger partial charge is 0.303 e. The topological polar surface area (TPSA) is 37.3 Å². The van der Waals surface area contributed by atoms with Gasteiger partial charge in [0.25, 0.3) is 0 Å². The van der Waals surface area contributed by atoms with Crippen molar-refractivity contribution in [2.45, 2.75) is 38.5 Å². The van der Waals surface area contributed by atoms with E-state index in [-0.39, 0.29) is 6.42 Å². The molecule has 0 amide bonds. The van der Waals surface area contributed by atoms with Crippen LogP contribution in [0.4, 0.5) is 0 Å². The van der Waals surface area contributed by atoms with Gasteiger partial charge in [-0.1, -0.05) is 42.5 Å². The molecular weight excluding hydrogens is 351 g/mol. The Hall–Kier alpha value is -2.18. The van der Waals surface area contributed by atoms with Gasteiger partial charge in [0.05, 0.1) is 6.16 Å². The second kappa shape index (κ2) is 9.67. The van der Waals surface area contributed by atoms with E-state index in [4.69, 9.17) is 5.11 Å². The Bertz CT molecular complexity index is 754. The lowest BCUT2D eigenvalue weighted by molar-refractivity contribution is -0.137. The number of rotatable bonds is 9. The van der Waals surface area contributed by atoms with Crippen LogP contribution < -0.4 is 10.6 Å². The Kier molecular flexibility index (Phi) is 7.01. The Morgan fingerprint density at radius 2 is 1.48 bits per heavy atom. The van der Waals surface area contributed by atoms with Crippen LogP contribution >= 0.6 is 7.26 Å². The molecule has 3 rings (SSSR count). The van der Waals surface area contributed by atoms with E-state index in [2.05, 4.69) is 78.9 Å². The molecule has 1 N–H and O–H groups in total. The Morgan fingerprint density at radius 3 is 2.00 bits per heavy atom. The molecule has 1 aliphatic rings. The molecule has 1 aliphatic carbocycles. The maximum atomic E-state index is 10.8. The third-order valence-electron chi connectivity index (χ3n) is 5.19. The molecule has 0 saturated heterocycles. The van der Waals surface area contributed by atoms with E-state index >= 15 is 0 Å². The zero-order chi connectivity index (χ0) is 19.0. The van der Waals surface area contributed by atoms with E-state index in [1.807, 2.05) is 0 Å². The minimum absolute atomic E-state index is 0.269. The number of hydrogen-bond acceptors (Lipinski definition) is 1. The molecule has 0 heterocycles. The molecule has 27 heavy (non-hydrogen) atoms. The van der Waals surface area contributed by atoms with Crippen LogP contribution in [0.25, 0.3) is 0 Å². The number of unbranched alkanes of at least 4 members (excludes halogenated alkanes) is 2. The van der Waals surface area contributed by atoms with Crippen LogP contribution in [0.15, 0.2) is 84.2 Å². The number of benzene rings is 2. The normalized spacial score (nSPS) is 14.0. The van der Waals surface area contributed by atoms with Crippen LogP contribution in [0, 0.1) is 0 Å². The number of carboxylic acid groups (broad SMARTS) is 1. The minimum atomic E-state index is -1.71. The number of allylic oxidation sites excluding steroid dienone is 4. The molecule has 0 unspecified atom stereocenters. The molecule has 0 atom stereocenters. The van der Waals surface area contributed by atoms with E-state index in [1.165, 1.54) is 15.9 Å². The second-order valence-electron chi connectivity index (χ2n) is 7.02. The van der Waals surface area contributed by atoms with Crippen LogP contribution in [0.1, 0.15) is 38.5 Å². The van der Waals surface area contributed by atoms with Crippen LogP contribution in [-0.2, 0) is 4.79 Å². The standard InChI is InChI=1S/C24H27O2P/c25-24(26)19-11-4-12-20-27(21-13-5-1-6-14-21,22-15-7-2-8-16-22)23-17-9-3-10-18-23/h1-2,5-9,13-18H,3-4,10-12,19-20H2/p+1. The Labute approximate surface area is 163 Å². The van der Waals surface area contributed by atoms with Crippen LogP contribution in [0.2, 0.25) is 0 Å². The molecule has 0 aliphatic heterocycles. The summed E-state index contributed by atoms with van der Waals surface area (Å²) in [6, 6.07) is 21.9. The molecule has 2 nitrogen and oxygen atoms in total. The summed E-state index contributed by atoms with van der Waals surface area (Å²) in [6.45, 7) is 0. The van der Waals surface area contributed by atoms with Crippen LogP contribution in [-0.4, -0.2) is 17.2 Å². The zero-order valence-corrected chi connectivity index (χ0v) is 16.7. The molecular formula is C24H28O2P+. The minimum Gasteiger partial charge on any atom is -0.481 e. The molecule has 0 saturated carbocycles. The third-order valence-corrected chi connectivity index (χ3v) is 9.75. The highest BCUT2D eigenvalue weighted by Gasteiger charge is 2.45. The molecule has 140 valence electrons. The van der Waals surface area contributed by atoms with Gasteiger partial charge in [-0.2, -0.15) is 0 Å². The highest BCUT2D eigenvalue weighted by atomic mass is 31.2. The van der Waals surface area contributed by atoms with Gasteiger partial charge < -0.3 is 5.11 Å². The van der Waals surface area contributed by atoms with E-state index < -0.39 is 13.2 Å². The molecule has 0 radical (unpaired) electrons. The van der Waals surface area contributed by atoms with Gasteiger partial charge in [0.1, 0.15) is 23.2 Å². The van der Waals surface area contributed by atoms with Crippen molar-refractivity contribution in [3.63, 3.8) is 0 Å². The summed E-state index contributed by atoms with van der Waals surface area (Å²) in [5.74, 6) is -0.694. The first kappa shape index (κ1) is 19.6. The summed E-state index contributed by atoms with van der Waals surface area (Å²) in [4.78, 5) is 10.8.